The Morgan fingerprint density at radius 1 is 1.24 bits per heavy atom. The van der Waals surface area contributed by atoms with Crippen molar-refractivity contribution in [2.75, 3.05) is 0 Å². The van der Waals surface area contributed by atoms with Gasteiger partial charge in [0.15, 0.2) is 5.82 Å². The van der Waals surface area contributed by atoms with E-state index in [1.165, 1.54) is 36.7 Å². The minimum atomic E-state index is -0.826. The summed E-state index contributed by atoms with van der Waals surface area (Å²) >= 11 is 0. The molecule has 4 rings (SSSR count). The minimum absolute atomic E-state index is 0.0843. The first-order chi connectivity index (χ1) is 12.1. The minimum Gasteiger partial charge on any atom is -0.436 e. The van der Waals surface area contributed by atoms with Crippen LogP contribution in [-0.2, 0) is 0 Å². The van der Waals surface area contributed by atoms with Gasteiger partial charge in [0.25, 0.3) is 11.8 Å². The summed E-state index contributed by atoms with van der Waals surface area (Å²) in [6.45, 7) is 0. The number of carbonyl (C=O) groups excluding carboxylic acids is 1. The van der Waals surface area contributed by atoms with Crippen LogP contribution in [-0.4, -0.2) is 16.1 Å². The van der Waals surface area contributed by atoms with E-state index in [0.29, 0.717) is 11.7 Å². The summed E-state index contributed by atoms with van der Waals surface area (Å²) in [6, 6.07) is 8.73. The van der Waals surface area contributed by atoms with E-state index in [2.05, 4.69) is 4.98 Å². The topological polar surface area (TPSA) is 71.5 Å². The second kappa shape index (κ2) is 6.44. The van der Waals surface area contributed by atoms with Crippen LogP contribution in [0.15, 0.2) is 36.5 Å². The molecule has 2 aliphatic rings. The molecule has 3 atom stereocenters. The summed E-state index contributed by atoms with van der Waals surface area (Å²) in [4.78, 5) is 15.0. The number of hydrogen-bond acceptors (Lipinski definition) is 4. The van der Waals surface area contributed by atoms with Gasteiger partial charge in [0, 0.05) is 6.20 Å². The van der Waals surface area contributed by atoms with E-state index in [-0.39, 0.29) is 11.4 Å². The summed E-state index contributed by atoms with van der Waals surface area (Å²) in [6.07, 6.45) is 6.48. The molecule has 0 spiro atoms. The van der Waals surface area contributed by atoms with Crippen LogP contribution in [0, 0.1) is 17.7 Å². The van der Waals surface area contributed by atoms with Gasteiger partial charge in [-0.3, -0.25) is 10.0 Å². The standard InChI is InChI=1S/C19H19FN2O3/c20-17-9-14(18(23)22-24)10-21-19(17)25-15-5-3-12(4-6-15)16-8-11-1-2-13(16)7-11/h3-6,9-11,13,16,24H,1-2,7-8H2,(H,22,23). The highest BCUT2D eigenvalue weighted by Crippen LogP contribution is 2.52. The zero-order valence-electron chi connectivity index (χ0n) is 13.6. The SMILES string of the molecule is O=C(NO)c1cnc(Oc2ccc(C3CC4CCC3C4)cc2)c(F)c1. The van der Waals surface area contributed by atoms with E-state index >= 15 is 0 Å². The average Bonchev–Trinajstić information content (AvgIpc) is 3.27. The van der Waals surface area contributed by atoms with E-state index in [1.54, 1.807) is 0 Å². The molecule has 0 radical (unpaired) electrons. The second-order valence-corrected chi connectivity index (χ2v) is 6.90. The van der Waals surface area contributed by atoms with Crippen LogP contribution >= 0.6 is 0 Å². The molecule has 1 amide bonds. The van der Waals surface area contributed by atoms with Crippen molar-refractivity contribution in [3.05, 3.63) is 53.5 Å². The molecule has 1 aromatic heterocycles. The van der Waals surface area contributed by atoms with Crippen molar-refractivity contribution in [1.82, 2.24) is 10.5 Å². The van der Waals surface area contributed by atoms with Gasteiger partial charge in [-0.2, -0.15) is 0 Å². The quantitative estimate of drug-likeness (QED) is 0.650. The van der Waals surface area contributed by atoms with Crippen LogP contribution < -0.4 is 10.2 Å². The number of rotatable bonds is 4. The molecule has 0 aliphatic heterocycles. The van der Waals surface area contributed by atoms with Crippen LogP contribution in [0.25, 0.3) is 0 Å². The number of nitrogens with zero attached hydrogens (tertiary/aromatic N) is 1. The van der Waals surface area contributed by atoms with Crippen LogP contribution in [0.3, 0.4) is 0 Å². The lowest BCUT2D eigenvalue weighted by Crippen LogP contribution is -2.19. The highest BCUT2D eigenvalue weighted by molar-refractivity contribution is 5.93. The fourth-order valence-corrected chi connectivity index (χ4v) is 4.24. The van der Waals surface area contributed by atoms with Gasteiger partial charge in [0.05, 0.1) is 5.56 Å². The van der Waals surface area contributed by atoms with Crippen molar-refractivity contribution < 1.29 is 19.1 Å². The Labute approximate surface area is 144 Å². The van der Waals surface area contributed by atoms with Crippen molar-refractivity contribution in [2.45, 2.75) is 31.6 Å². The number of halogens is 1. The summed E-state index contributed by atoms with van der Waals surface area (Å²) in [5.41, 5.74) is 2.67. The Bertz CT molecular complexity index is 794. The number of aromatic nitrogens is 1. The number of hydrogen-bond donors (Lipinski definition) is 2. The van der Waals surface area contributed by atoms with Gasteiger partial charge in [-0.25, -0.2) is 14.9 Å². The van der Waals surface area contributed by atoms with Gasteiger partial charge in [-0.05, 0) is 60.8 Å². The van der Waals surface area contributed by atoms with Gasteiger partial charge >= 0.3 is 0 Å². The molecule has 2 saturated carbocycles. The lowest BCUT2D eigenvalue weighted by molar-refractivity contribution is 0.0705. The zero-order chi connectivity index (χ0) is 17.4. The number of nitrogens with one attached hydrogen (secondary N) is 1. The van der Waals surface area contributed by atoms with Crippen molar-refractivity contribution in [3.63, 3.8) is 0 Å². The molecule has 1 heterocycles. The molecule has 25 heavy (non-hydrogen) atoms. The largest absolute Gasteiger partial charge is 0.436 e. The van der Waals surface area contributed by atoms with Gasteiger partial charge in [-0.15, -0.1) is 0 Å². The maximum Gasteiger partial charge on any atom is 0.276 e. The molecular formula is C19H19FN2O3. The second-order valence-electron chi connectivity index (χ2n) is 6.90. The lowest BCUT2D eigenvalue weighted by Gasteiger charge is -2.22. The van der Waals surface area contributed by atoms with Crippen LogP contribution in [0.1, 0.15) is 47.5 Å². The molecule has 2 fully saturated rings. The van der Waals surface area contributed by atoms with Crippen molar-refractivity contribution in [2.24, 2.45) is 11.8 Å². The molecule has 3 unspecified atom stereocenters. The number of fused-ring (bicyclic) bond motifs is 2. The molecule has 2 aliphatic carbocycles. The van der Waals surface area contributed by atoms with E-state index < -0.39 is 11.7 Å². The Kier molecular flexibility index (Phi) is 4.13. The molecule has 2 aromatic rings. The number of carbonyl (C=O) groups is 1. The first-order valence-corrected chi connectivity index (χ1v) is 8.52. The van der Waals surface area contributed by atoms with Crippen LogP contribution in [0.5, 0.6) is 11.6 Å². The number of benzene rings is 1. The number of amides is 1. The van der Waals surface area contributed by atoms with Gasteiger partial charge in [-0.1, -0.05) is 18.6 Å². The molecule has 6 heteroatoms. The highest BCUT2D eigenvalue weighted by Gasteiger charge is 2.39. The summed E-state index contributed by atoms with van der Waals surface area (Å²) in [5, 5.41) is 8.56. The van der Waals surface area contributed by atoms with Crippen molar-refractivity contribution in [1.29, 1.82) is 0 Å². The number of pyridine rings is 1. The normalized spacial score (nSPS) is 24.3. The van der Waals surface area contributed by atoms with Crippen molar-refractivity contribution >= 4 is 5.91 Å². The van der Waals surface area contributed by atoms with Crippen LogP contribution in [0.4, 0.5) is 4.39 Å². The molecule has 5 nitrogen and oxygen atoms in total. The van der Waals surface area contributed by atoms with E-state index in [9.17, 15) is 9.18 Å². The fraction of sp³-hybridized carbons (Fsp3) is 0.368. The van der Waals surface area contributed by atoms with Crippen molar-refractivity contribution in [3.8, 4) is 11.6 Å². The molecular weight excluding hydrogens is 323 g/mol. The maximum atomic E-state index is 14.0. The molecule has 2 bridgehead atoms. The summed E-state index contributed by atoms with van der Waals surface area (Å²) < 4.78 is 19.5. The van der Waals surface area contributed by atoms with E-state index in [0.717, 1.165) is 24.1 Å². The summed E-state index contributed by atoms with van der Waals surface area (Å²) in [7, 11) is 0. The molecule has 130 valence electrons. The molecule has 2 N–H and O–H groups in total. The molecule has 1 aromatic carbocycles. The monoisotopic (exact) mass is 342 g/mol. The first-order valence-electron chi connectivity index (χ1n) is 8.52. The zero-order valence-corrected chi connectivity index (χ0v) is 13.6. The third-order valence-electron chi connectivity index (χ3n) is 5.43. The summed E-state index contributed by atoms with van der Waals surface area (Å²) in [5.74, 6) is 1.03. The van der Waals surface area contributed by atoms with Gasteiger partial charge < -0.3 is 4.74 Å². The van der Waals surface area contributed by atoms with Gasteiger partial charge in [0.2, 0.25) is 0 Å². The maximum absolute atomic E-state index is 14.0. The van der Waals surface area contributed by atoms with Crippen LogP contribution in [0.2, 0.25) is 0 Å². The average molecular weight is 342 g/mol. The Morgan fingerprint density at radius 2 is 2.04 bits per heavy atom. The predicted molar refractivity (Wildman–Crippen MR) is 88.2 cm³/mol. The third-order valence-corrected chi connectivity index (χ3v) is 5.43. The highest BCUT2D eigenvalue weighted by atomic mass is 19.1. The lowest BCUT2D eigenvalue weighted by atomic mass is 9.83. The first kappa shape index (κ1) is 16.0. The fourth-order valence-electron chi connectivity index (χ4n) is 4.24. The number of hydroxylamine groups is 1. The predicted octanol–water partition coefficient (Wildman–Crippen LogP) is 4.04. The Morgan fingerprint density at radius 3 is 2.64 bits per heavy atom. The number of ether oxygens (including phenoxy) is 1. The Balaban J connectivity index is 1.47. The smallest absolute Gasteiger partial charge is 0.276 e. The Hall–Kier alpha value is -2.47. The van der Waals surface area contributed by atoms with E-state index in [1.807, 2.05) is 24.3 Å². The van der Waals surface area contributed by atoms with Gasteiger partial charge in [0.1, 0.15) is 5.75 Å². The van der Waals surface area contributed by atoms with E-state index in [4.69, 9.17) is 9.94 Å². The molecule has 0 saturated heterocycles. The third kappa shape index (κ3) is 3.09.